The number of rotatable bonds is 2. The largest absolute Gasteiger partial charge is 0.338 e. The van der Waals surface area contributed by atoms with E-state index in [-0.39, 0.29) is 5.91 Å². The van der Waals surface area contributed by atoms with Crippen molar-refractivity contribution in [2.24, 2.45) is 11.7 Å². The second-order valence-corrected chi connectivity index (χ2v) is 5.46. The van der Waals surface area contributed by atoms with Gasteiger partial charge in [-0.25, -0.2) is 0 Å². The highest BCUT2D eigenvalue weighted by Gasteiger charge is 2.26. The van der Waals surface area contributed by atoms with E-state index in [9.17, 15) is 4.79 Å². The summed E-state index contributed by atoms with van der Waals surface area (Å²) in [6, 6.07) is 5.75. The second kappa shape index (κ2) is 5.19. The standard InChI is InChI=1S/C13H17BrN2O/c1-9-2-3-11(6-12(9)14)13(17)16-5-4-10(7-15)8-16/h2-3,6,10H,4-5,7-8,15H2,1H3. The van der Waals surface area contributed by atoms with Crippen molar-refractivity contribution in [2.75, 3.05) is 19.6 Å². The first kappa shape index (κ1) is 12.6. The number of nitrogens with zero attached hydrogens (tertiary/aromatic N) is 1. The molecular weight excluding hydrogens is 280 g/mol. The molecule has 1 atom stereocenters. The fourth-order valence-electron chi connectivity index (χ4n) is 2.12. The van der Waals surface area contributed by atoms with E-state index in [2.05, 4.69) is 15.9 Å². The maximum atomic E-state index is 12.2. The van der Waals surface area contributed by atoms with Crippen molar-refractivity contribution in [2.45, 2.75) is 13.3 Å². The van der Waals surface area contributed by atoms with Crippen LogP contribution in [0.5, 0.6) is 0 Å². The van der Waals surface area contributed by atoms with Crippen molar-refractivity contribution < 1.29 is 4.79 Å². The van der Waals surface area contributed by atoms with E-state index in [0.717, 1.165) is 35.1 Å². The van der Waals surface area contributed by atoms with E-state index in [1.807, 2.05) is 30.0 Å². The molecule has 0 spiro atoms. The number of amides is 1. The number of carbonyl (C=O) groups excluding carboxylic acids is 1. The monoisotopic (exact) mass is 296 g/mol. The van der Waals surface area contributed by atoms with Crippen molar-refractivity contribution in [3.8, 4) is 0 Å². The molecule has 0 bridgehead atoms. The molecule has 2 rings (SSSR count). The number of carbonyl (C=O) groups is 1. The van der Waals surface area contributed by atoms with Gasteiger partial charge in [0.05, 0.1) is 0 Å². The Balaban J connectivity index is 2.12. The molecule has 92 valence electrons. The fraction of sp³-hybridized carbons (Fsp3) is 0.462. The number of halogens is 1. The Morgan fingerprint density at radius 2 is 2.35 bits per heavy atom. The van der Waals surface area contributed by atoms with E-state index in [1.54, 1.807) is 0 Å². The van der Waals surface area contributed by atoms with Gasteiger partial charge in [0.1, 0.15) is 0 Å². The van der Waals surface area contributed by atoms with Crippen molar-refractivity contribution in [1.82, 2.24) is 4.90 Å². The molecule has 1 aromatic rings. The Bertz CT molecular complexity index is 433. The van der Waals surface area contributed by atoms with Crippen molar-refractivity contribution in [1.29, 1.82) is 0 Å². The lowest BCUT2D eigenvalue weighted by Crippen LogP contribution is -2.29. The molecule has 1 aromatic carbocycles. The minimum atomic E-state index is 0.113. The van der Waals surface area contributed by atoms with Crippen LogP contribution < -0.4 is 5.73 Å². The van der Waals surface area contributed by atoms with Crippen molar-refractivity contribution >= 4 is 21.8 Å². The van der Waals surface area contributed by atoms with Gasteiger partial charge >= 0.3 is 0 Å². The van der Waals surface area contributed by atoms with Crippen molar-refractivity contribution in [3.63, 3.8) is 0 Å². The van der Waals surface area contributed by atoms with Gasteiger partial charge in [0.15, 0.2) is 0 Å². The molecule has 2 N–H and O–H groups in total. The van der Waals surface area contributed by atoms with Crippen LogP contribution >= 0.6 is 15.9 Å². The summed E-state index contributed by atoms with van der Waals surface area (Å²) in [7, 11) is 0. The van der Waals surface area contributed by atoms with Crippen LogP contribution in [0.3, 0.4) is 0 Å². The van der Waals surface area contributed by atoms with Crippen LogP contribution in [0.25, 0.3) is 0 Å². The minimum Gasteiger partial charge on any atom is -0.338 e. The Labute approximate surface area is 110 Å². The zero-order valence-corrected chi connectivity index (χ0v) is 11.5. The molecule has 0 saturated carbocycles. The summed E-state index contributed by atoms with van der Waals surface area (Å²) < 4.78 is 0.984. The van der Waals surface area contributed by atoms with E-state index in [1.165, 1.54) is 0 Å². The Kier molecular flexibility index (Phi) is 3.84. The molecule has 1 aliphatic heterocycles. The molecule has 1 heterocycles. The molecule has 4 heteroatoms. The van der Waals surface area contributed by atoms with Gasteiger partial charge < -0.3 is 10.6 Å². The molecule has 17 heavy (non-hydrogen) atoms. The van der Waals surface area contributed by atoms with Crippen molar-refractivity contribution in [3.05, 3.63) is 33.8 Å². The van der Waals surface area contributed by atoms with Crippen LogP contribution in [0, 0.1) is 12.8 Å². The van der Waals surface area contributed by atoms with E-state index in [4.69, 9.17) is 5.73 Å². The molecule has 1 fully saturated rings. The molecule has 1 unspecified atom stereocenters. The van der Waals surface area contributed by atoms with Crippen LogP contribution in [0.4, 0.5) is 0 Å². The SMILES string of the molecule is Cc1ccc(C(=O)N2CCC(CN)C2)cc1Br. The molecule has 1 aliphatic rings. The fourth-order valence-corrected chi connectivity index (χ4v) is 2.50. The summed E-state index contributed by atoms with van der Waals surface area (Å²) in [5, 5.41) is 0. The highest BCUT2D eigenvalue weighted by molar-refractivity contribution is 9.10. The number of likely N-dealkylation sites (tertiary alicyclic amines) is 1. The number of aryl methyl sites for hydroxylation is 1. The third-order valence-corrected chi connectivity index (χ3v) is 4.18. The van der Waals surface area contributed by atoms with Gasteiger partial charge in [0.25, 0.3) is 5.91 Å². The molecular formula is C13H17BrN2O. The highest BCUT2D eigenvalue weighted by Crippen LogP contribution is 2.21. The Morgan fingerprint density at radius 3 is 2.94 bits per heavy atom. The number of nitrogens with two attached hydrogens (primary N) is 1. The van der Waals surface area contributed by atoms with Gasteiger partial charge in [-0.15, -0.1) is 0 Å². The summed E-state index contributed by atoms with van der Waals surface area (Å²) in [5.74, 6) is 0.578. The molecule has 0 aliphatic carbocycles. The highest BCUT2D eigenvalue weighted by atomic mass is 79.9. The number of hydrogen-bond donors (Lipinski definition) is 1. The van der Waals surface area contributed by atoms with Gasteiger partial charge in [-0.1, -0.05) is 22.0 Å². The first-order valence-electron chi connectivity index (χ1n) is 5.87. The molecule has 3 nitrogen and oxygen atoms in total. The lowest BCUT2D eigenvalue weighted by Gasteiger charge is -2.16. The summed E-state index contributed by atoms with van der Waals surface area (Å²) >= 11 is 3.46. The predicted octanol–water partition coefficient (Wildman–Crippen LogP) is 2.18. The summed E-state index contributed by atoms with van der Waals surface area (Å²) in [5.41, 5.74) is 7.52. The van der Waals surface area contributed by atoms with E-state index in [0.29, 0.717) is 12.5 Å². The first-order chi connectivity index (χ1) is 8.11. The Morgan fingerprint density at radius 1 is 1.59 bits per heavy atom. The van der Waals surface area contributed by atoms with Gasteiger partial charge in [0.2, 0.25) is 0 Å². The van der Waals surface area contributed by atoms with E-state index < -0.39 is 0 Å². The summed E-state index contributed by atoms with van der Waals surface area (Å²) in [4.78, 5) is 14.1. The maximum Gasteiger partial charge on any atom is 0.253 e. The Hall–Kier alpha value is -0.870. The number of benzene rings is 1. The smallest absolute Gasteiger partial charge is 0.253 e. The minimum absolute atomic E-state index is 0.113. The van der Waals surface area contributed by atoms with Crippen LogP contribution in [-0.2, 0) is 0 Å². The van der Waals surface area contributed by atoms with Crippen LogP contribution in [0.15, 0.2) is 22.7 Å². The predicted molar refractivity (Wildman–Crippen MR) is 71.9 cm³/mol. The topological polar surface area (TPSA) is 46.3 Å². The molecule has 1 saturated heterocycles. The summed E-state index contributed by atoms with van der Waals surface area (Å²) in [6.45, 7) is 4.30. The maximum absolute atomic E-state index is 12.2. The van der Waals surface area contributed by atoms with Crippen LogP contribution in [0.1, 0.15) is 22.3 Å². The molecule has 1 amide bonds. The quantitative estimate of drug-likeness (QED) is 0.909. The third kappa shape index (κ3) is 2.69. The molecule has 0 aromatic heterocycles. The average Bonchev–Trinajstić information content (AvgIpc) is 2.80. The van der Waals surface area contributed by atoms with Gasteiger partial charge in [-0.2, -0.15) is 0 Å². The zero-order chi connectivity index (χ0) is 12.4. The normalized spacial score (nSPS) is 19.7. The summed E-state index contributed by atoms with van der Waals surface area (Å²) in [6.07, 6.45) is 1.02. The van der Waals surface area contributed by atoms with E-state index >= 15 is 0 Å². The number of hydrogen-bond acceptors (Lipinski definition) is 2. The molecule has 0 radical (unpaired) electrons. The van der Waals surface area contributed by atoms with Gasteiger partial charge in [-0.05, 0) is 43.5 Å². The van der Waals surface area contributed by atoms with Gasteiger partial charge in [-0.3, -0.25) is 4.79 Å². The lowest BCUT2D eigenvalue weighted by atomic mass is 10.1. The van der Waals surface area contributed by atoms with Crippen LogP contribution in [-0.4, -0.2) is 30.4 Å². The second-order valence-electron chi connectivity index (χ2n) is 4.61. The first-order valence-corrected chi connectivity index (χ1v) is 6.66. The lowest BCUT2D eigenvalue weighted by molar-refractivity contribution is 0.0787. The third-order valence-electron chi connectivity index (χ3n) is 3.33. The van der Waals surface area contributed by atoms with Crippen LogP contribution in [0.2, 0.25) is 0 Å². The van der Waals surface area contributed by atoms with Gasteiger partial charge in [0, 0.05) is 23.1 Å². The zero-order valence-electron chi connectivity index (χ0n) is 9.95. The average molecular weight is 297 g/mol.